The molecule has 1 amide bonds. The summed E-state index contributed by atoms with van der Waals surface area (Å²) in [6.45, 7) is 5.39. The quantitative estimate of drug-likeness (QED) is 0.738. The lowest BCUT2D eigenvalue weighted by Gasteiger charge is -2.08. The highest BCUT2D eigenvalue weighted by Gasteiger charge is 2.03. The highest BCUT2D eigenvalue weighted by molar-refractivity contribution is 5.75. The van der Waals surface area contributed by atoms with Crippen LogP contribution in [0.4, 0.5) is 0 Å². The highest BCUT2D eigenvalue weighted by Crippen LogP contribution is 2.08. The van der Waals surface area contributed by atoms with E-state index in [0.717, 1.165) is 12.2 Å². The molecule has 0 saturated carbocycles. The van der Waals surface area contributed by atoms with Gasteiger partial charge in [0.05, 0.1) is 6.61 Å². The minimum atomic E-state index is 0.125. The first kappa shape index (κ1) is 13.6. The molecular formula is C14H21NO2. The van der Waals surface area contributed by atoms with Crippen LogP contribution in [0.25, 0.3) is 0 Å². The fraction of sp³-hybridized carbons (Fsp3) is 0.500. The van der Waals surface area contributed by atoms with Gasteiger partial charge in [0, 0.05) is 13.0 Å². The zero-order chi connectivity index (χ0) is 12.5. The summed E-state index contributed by atoms with van der Waals surface area (Å²) < 4.78 is 5.52. The van der Waals surface area contributed by atoms with Crippen molar-refractivity contribution >= 4 is 5.91 Å². The van der Waals surface area contributed by atoms with Crippen LogP contribution in [0.1, 0.15) is 26.7 Å². The van der Waals surface area contributed by atoms with Crippen LogP contribution in [0, 0.1) is 5.92 Å². The molecule has 0 heterocycles. The van der Waals surface area contributed by atoms with Crippen LogP contribution < -0.4 is 10.1 Å². The average Bonchev–Trinajstić information content (AvgIpc) is 2.29. The second kappa shape index (κ2) is 7.71. The molecule has 1 aromatic rings. The first-order valence-electron chi connectivity index (χ1n) is 6.13. The largest absolute Gasteiger partial charge is 0.494 e. The molecule has 0 aromatic heterocycles. The van der Waals surface area contributed by atoms with Gasteiger partial charge in [0.2, 0.25) is 5.91 Å². The van der Waals surface area contributed by atoms with Crippen molar-refractivity contribution in [1.29, 1.82) is 0 Å². The standard InChI is InChI=1S/C14H21NO2/c1-12(2)11-14(16)15-9-6-10-17-13-7-4-3-5-8-13/h3-5,7-8,12H,6,9-11H2,1-2H3,(H,15,16). The number of carbonyl (C=O) groups excluding carboxylic acids is 1. The maximum Gasteiger partial charge on any atom is 0.220 e. The van der Waals surface area contributed by atoms with Gasteiger partial charge in [0.15, 0.2) is 0 Å². The van der Waals surface area contributed by atoms with Gasteiger partial charge in [-0.1, -0.05) is 32.0 Å². The van der Waals surface area contributed by atoms with Crippen molar-refractivity contribution in [3.8, 4) is 5.75 Å². The first-order chi connectivity index (χ1) is 8.18. The van der Waals surface area contributed by atoms with Gasteiger partial charge >= 0.3 is 0 Å². The molecule has 1 aromatic carbocycles. The Morgan fingerprint density at radius 1 is 1.29 bits per heavy atom. The minimum absolute atomic E-state index is 0.125. The Labute approximate surface area is 103 Å². The fourth-order valence-corrected chi connectivity index (χ4v) is 1.45. The Morgan fingerprint density at radius 3 is 2.65 bits per heavy atom. The van der Waals surface area contributed by atoms with Gasteiger partial charge in [0.1, 0.15) is 5.75 Å². The van der Waals surface area contributed by atoms with Gasteiger partial charge in [-0.05, 0) is 24.5 Å². The summed E-state index contributed by atoms with van der Waals surface area (Å²) in [5.41, 5.74) is 0. The fourth-order valence-electron chi connectivity index (χ4n) is 1.45. The SMILES string of the molecule is CC(C)CC(=O)NCCCOc1ccccc1. The lowest BCUT2D eigenvalue weighted by Crippen LogP contribution is -2.26. The molecule has 0 fully saturated rings. The molecule has 3 heteroatoms. The Bertz CT molecular complexity index is 322. The van der Waals surface area contributed by atoms with Gasteiger partial charge in [0.25, 0.3) is 0 Å². The second-order valence-electron chi connectivity index (χ2n) is 4.46. The van der Waals surface area contributed by atoms with E-state index in [9.17, 15) is 4.79 Å². The van der Waals surface area contributed by atoms with Crippen LogP contribution in [0.3, 0.4) is 0 Å². The van der Waals surface area contributed by atoms with Crippen molar-refractivity contribution in [3.63, 3.8) is 0 Å². The molecule has 0 saturated heterocycles. The van der Waals surface area contributed by atoms with E-state index in [1.54, 1.807) is 0 Å². The van der Waals surface area contributed by atoms with Crippen molar-refractivity contribution in [2.45, 2.75) is 26.7 Å². The van der Waals surface area contributed by atoms with Crippen LogP contribution in [0.2, 0.25) is 0 Å². The summed E-state index contributed by atoms with van der Waals surface area (Å²) in [6, 6.07) is 9.70. The van der Waals surface area contributed by atoms with E-state index in [4.69, 9.17) is 4.74 Å². The summed E-state index contributed by atoms with van der Waals surface area (Å²) in [5.74, 6) is 1.41. The van der Waals surface area contributed by atoms with Gasteiger partial charge < -0.3 is 10.1 Å². The van der Waals surface area contributed by atoms with Gasteiger partial charge in [-0.3, -0.25) is 4.79 Å². The van der Waals surface area contributed by atoms with Crippen LogP contribution in [-0.2, 0) is 4.79 Å². The third kappa shape index (κ3) is 6.61. The highest BCUT2D eigenvalue weighted by atomic mass is 16.5. The Morgan fingerprint density at radius 2 is 2.00 bits per heavy atom. The lowest BCUT2D eigenvalue weighted by atomic mass is 10.1. The van der Waals surface area contributed by atoms with E-state index in [1.807, 2.05) is 44.2 Å². The third-order valence-corrected chi connectivity index (χ3v) is 2.25. The number of benzene rings is 1. The summed E-state index contributed by atoms with van der Waals surface area (Å²) in [4.78, 5) is 11.3. The number of amides is 1. The molecule has 1 N–H and O–H groups in total. The summed E-state index contributed by atoms with van der Waals surface area (Å²) in [7, 11) is 0. The van der Waals surface area contributed by atoms with Crippen LogP contribution in [0.15, 0.2) is 30.3 Å². The normalized spacial score (nSPS) is 10.3. The van der Waals surface area contributed by atoms with E-state index >= 15 is 0 Å². The molecule has 0 bridgehead atoms. The molecular weight excluding hydrogens is 214 g/mol. The van der Waals surface area contributed by atoms with Crippen molar-refractivity contribution in [2.75, 3.05) is 13.2 Å². The molecule has 94 valence electrons. The molecule has 0 atom stereocenters. The number of hydrogen-bond donors (Lipinski definition) is 1. The third-order valence-electron chi connectivity index (χ3n) is 2.25. The molecule has 0 spiro atoms. The van der Waals surface area contributed by atoms with Crippen molar-refractivity contribution in [1.82, 2.24) is 5.32 Å². The summed E-state index contributed by atoms with van der Waals surface area (Å²) >= 11 is 0. The molecule has 0 radical (unpaired) electrons. The van der Waals surface area contributed by atoms with Crippen LogP contribution in [-0.4, -0.2) is 19.1 Å². The summed E-state index contributed by atoms with van der Waals surface area (Å²) in [6.07, 6.45) is 1.43. The lowest BCUT2D eigenvalue weighted by molar-refractivity contribution is -0.121. The van der Waals surface area contributed by atoms with Gasteiger partial charge in [-0.2, -0.15) is 0 Å². The van der Waals surface area contributed by atoms with Crippen molar-refractivity contribution < 1.29 is 9.53 Å². The molecule has 1 rings (SSSR count). The molecule has 0 aliphatic carbocycles. The Kier molecular flexibility index (Phi) is 6.15. The smallest absolute Gasteiger partial charge is 0.220 e. The van der Waals surface area contributed by atoms with Gasteiger partial charge in [-0.15, -0.1) is 0 Å². The van der Waals surface area contributed by atoms with Crippen LogP contribution >= 0.6 is 0 Å². The maximum absolute atomic E-state index is 11.3. The number of para-hydroxylation sites is 1. The molecule has 0 unspecified atom stereocenters. The van der Waals surface area contributed by atoms with E-state index in [0.29, 0.717) is 25.5 Å². The molecule has 0 aliphatic rings. The average molecular weight is 235 g/mol. The topological polar surface area (TPSA) is 38.3 Å². The molecule has 0 aliphatic heterocycles. The monoisotopic (exact) mass is 235 g/mol. The minimum Gasteiger partial charge on any atom is -0.494 e. The number of rotatable bonds is 7. The van der Waals surface area contributed by atoms with Gasteiger partial charge in [-0.25, -0.2) is 0 Å². The number of nitrogens with one attached hydrogen (secondary N) is 1. The maximum atomic E-state index is 11.3. The summed E-state index contributed by atoms with van der Waals surface area (Å²) in [5, 5.41) is 2.88. The van der Waals surface area contributed by atoms with E-state index < -0.39 is 0 Å². The second-order valence-corrected chi connectivity index (χ2v) is 4.46. The van der Waals surface area contributed by atoms with Crippen molar-refractivity contribution in [3.05, 3.63) is 30.3 Å². The Balaban J connectivity index is 2.03. The zero-order valence-corrected chi connectivity index (χ0v) is 10.6. The first-order valence-corrected chi connectivity index (χ1v) is 6.13. The predicted molar refractivity (Wildman–Crippen MR) is 69.0 cm³/mol. The number of carbonyl (C=O) groups is 1. The van der Waals surface area contributed by atoms with E-state index in [-0.39, 0.29) is 5.91 Å². The number of hydrogen-bond acceptors (Lipinski definition) is 2. The van der Waals surface area contributed by atoms with Crippen LogP contribution in [0.5, 0.6) is 5.75 Å². The molecule has 3 nitrogen and oxygen atoms in total. The number of ether oxygens (including phenoxy) is 1. The zero-order valence-electron chi connectivity index (χ0n) is 10.6. The van der Waals surface area contributed by atoms with E-state index in [1.165, 1.54) is 0 Å². The molecule has 17 heavy (non-hydrogen) atoms. The Hall–Kier alpha value is -1.51. The predicted octanol–water partition coefficient (Wildman–Crippen LogP) is 2.62. The van der Waals surface area contributed by atoms with Crippen molar-refractivity contribution in [2.24, 2.45) is 5.92 Å². The van der Waals surface area contributed by atoms with E-state index in [2.05, 4.69) is 5.32 Å².